The Balaban J connectivity index is 1.53. The van der Waals surface area contributed by atoms with E-state index in [0.29, 0.717) is 22.7 Å². The van der Waals surface area contributed by atoms with Gasteiger partial charge in [-0.15, -0.1) is 11.3 Å². The van der Waals surface area contributed by atoms with Crippen LogP contribution in [0.1, 0.15) is 17.5 Å². The number of hydrogen-bond donors (Lipinski definition) is 1. The minimum Gasteiger partial charge on any atom is -0.494 e. The minimum absolute atomic E-state index is 0.0542. The summed E-state index contributed by atoms with van der Waals surface area (Å²) in [7, 11) is 0. The second kappa shape index (κ2) is 7.66. The number of anilines is 1. The molecule has 140 valence electrons. The lowest BCUT2D eigenvalue weighted by atomic mass is 10.2. The number of fused-ring (bicyclic) bond motifs is 1. The molecule has 0 radical (unpaired) electrons. The number of aromatic nitrogens is 1. The van der Waals surface area contributed by atoms with Gasteiger partial charge in [0, 0.05) is 17.0 Å². The highest BCUT2D eigenvalue weighted by Crippen LogP contribution is 2.27. The van der Waals surface area contributed by atoms with Gasteiger partial charge < -0.3 is 9.15 Å². The molecule has 0 aliphatic heterocycles. The molecule has 0 atom stereocenters. The number of para-hydroxylation sites is 1. The Kier molecular flexibility index (Phi) is 4.90. The molecule has 2 aromatic carbocycles. The van der Waals surface area contributed by atoms with Gasteiger partial charge in [-0.05, 0) is 43.3 Å². The topological polar surface area (TPSA) is 81.4 Å². The van der Waals surface area contributed by atoms with E-state index in [2.05, 4.69) is 10.3 Å². The third kappa shape index (κ3) is 3.65. The molecule has 1 amide bonds. The standard InChI is InChI=1S/C21H16N2O4S/c1-2-26-14-9-7-13(8-10-14)16-12-28-21(22-16)23-20(25)19-11-17(24)15-5-3-4-6-18(15)27-19/h3-12H,2H2,1H3,(H,22,23,25). The Hall–Kier alpha value is -3.45. The first-order valence-electron chi connectivity index (χ1n) is 8.67. The highest BCUT2D eigenvalue weighted by Gasteiger charge is 2.14. The lowest BCUT2D eigenvalue weighted by Crippen LogP contribution is -2.14. The number of nitrogens with one attached hydrogen (secondary N) is 1. The number of hydrogen-bond acceptors (Lipinski definition) is 6. The maximum Gasteiger partial charge on any atom is 0.293 e. The van der Waals surface area contributed by atoms with Gasteiger partial charge in [0.15, 0.2) is 16.3 Å². The molecule has 2 aromatic heterocycles. The number of carbonyl (C=O) groups is 1. The third-order valence-electron chi connectivity index (χ3n) is 4.04. The van der Waals surface area contributed by atoms with E-state index in [4.69, 9.17) is 9.15 Å². The van der Waals surface area contributed by atoms with Crippen LogP contribution in [-0.4, -0.2) is 17.5 Å². The quantitative estimate of drug-likeness (QED) is 0.538. The van der Waals surface area contributed by atoms with Crippen molar-refractivity contribution in [2.24, 2.45) is 0 Å². The number of carbonyl (C=O) groups excluding carboxylic acids is 1. The average Bonchev–Trinajstić information content (AvgIpc) is 3.17. The molecule has 0 unspecified atom stereocenters. The Morgan fingerprint density at radius 1 is 1.18 bits per heavy atom. The average molecular weight is 392 g/mol. The first kappa shape index (κ1) is 17.9. The van der Waals surface area contributed by atoms with Crippen molar-refractivity contribution in [1.29, 1.82) is 0 Å². The summed E-state index contributed by atoms with van der Waals surface area (Å²) >= 11 is 1.30. The van der Waals surface area contributed by atoms with Gasteiger partial charge >= 0.3 is 0 Å². The summed E-state index contributed by atoms with van der Waals surface area (Å²) in [6, 6.07) is 15.6. The van der Waals surface area contributed by atoms with Crippen LogP contribution in [0.3, 0.4) is 0 Å². The van der Waals surface area contributed by atoms with Crippen LogP contribution in [0.2, 0.25) is 0 Å². The summed E-state index contributed by atoms with van der Waals surface area (Å²) in [6.45, 7) is 2.54. The molecule has 0 aliphatic carbocycles. The zero-order valence-corrected chi connectivity index (χ0v) is 15.8. The highest BCUT2D eigenvalue weighted by atomic mass is 32.1. The predicted molar refractivity (Wildman–Crippen MR) is 109 cm³/mol. The Labute approximate surface area is 164 Å². The van der Waals surface area contributed by atoms with E-state index >= 15 is 0 Å². The van der Waals surface area contributed by atoms with Gasteiger partial charge in [0.05, 0.1) is 17.7 Å². The van der Waals surface area contributed by atoms with E-state index in [0.717, 1.165) is 17.0 Å². The molecule has 1 N–H and O–H groups in total. The fraction of sp³-hybridized carbons (Fsp3) is 0.0952. The zero-order chi connectivity index (χ0) is 19.5. The molecule has 7 heteroatoms. The lowest BCUT2D eigenvalue weighted by molar-refractivity contribution is 0.0997. The highest BCUT2D eigenvalue weighted by molar-refractivity contribution is 7.14. The van der Waals surface area contributed by atoms with Crippen LogP contribution in [-0.2, 0) is 0 Å². The van der Waals surface area contributed by atoms with Gasteiger partial charge in [0.2, 0.25) is 0 Å². The van der Waals surface area contributed by atoms with Gasteiger partial charge in [0.1, 0.15) is 11.3 Å². The van der Waals surface area contributed by atoms with Gasteiger partial charge in [0.25, 0.3) is 5.91 Å². The number of ether oxygens (including phenoxy) is 1. The zero-order valence-electron chi connectivity index (χ0n) is 15.0. The molecule has 0 saturated heterocycles. The van der Waals surface area contributed by atoms with Crippen LogP contribution in [0.5, 0.6) is 5.75 Å². The van der Waals surface area contributed by atoms with E-state index < -0.39 is 5.91 Å². The molecular formula is C21H16N2O4S. The number of rotatable bonds is 5. The van der Waals surface area contributed by atoms with E-state index in [1.54, 1.807) is 24.3 Å². The minimum atomic E-state index is -0.518. The van der Waals surface area contributed by atoms with E-state index in [-0.39, 0.29) is 11.2 Å². The first-order valence-corrected chi connectivity index (χ1v) is 9.55. The molecule has 0 bridgehead atoms. The Bertz CT molecular complexity index is 1190. The van der Waals surface area contributed by atoms with Crippen LogP contribution in [0.4, 0.5) is 5.13 Å². The van der Waals surface area contributed by atoms with Crippen molar-refractivity contribution >= 4 is 33.3 Å². The van der Waals surface area contributed by atoms with Gasteiger partial charge in [-0.25, -0.2) is 4.98 Å². The number of nitrogens with zero attached hydrogens (tertiary/aromatic N) is 1. The molecule has 0 fully saturated rings. The van der Waals surface area contributed by atoms with Crippen LogP contribution in [0.25, 0.3) is 22.2 Å². The fourth-order valence-electron chi connectivity index (χ4n) is 2.73. The van der Waals surface area contributed by atoms with Crippen LogP contribution < -0.4 is 15.5 Å². The Morgan fingerprint density at radius 2 is 1.96 bits per heavy atom. The summed E-state index contributed by atoms with van der Waals surface area (Å²) in [5.74, 6) is 0.221. The van der Waals surface area contributed by atoms with Crippen LogP contribution in [0.15, 0.2) is 69.2 Å². The van der Waals surface area contributed by atoms with E-state index in [1.165, 1.54) is 17.4 Å². The third-order valence-corrected chi connectivity index (χ3v) is 4.80. The molecule has 0 saturated carbocycles. The molecular weight excluding hydrogens is 376 g/mol. The second-order valence-corrected chi connectivity index (χ2v) is 6.78. The number of thiazole rings is 1. The molecule has 0 aliphatic rings. The van der Waals surface area contributed by atoms with Crippen molar-refractivity contribution in [3.8, 4) is 17.0 Å². The predicted octanol–water partition coefficient (Wildman–Crippen LogP) is 4.57. The van der Waals surface area contributed by atoms with Crippen LogP contribution in [0, 0.1) is 0 Å². The van der Waals surface area contributed by atoms with Crippen molar-refractivity contribution in [3.63, 3.8) is 0 Å². The molecule has 28 heavy (non-hydrogen) atoms. The van der Waals surface area contributed by atoms with E-state index in [9.17, 15) is 9.59 Å². The first-order chi connectivity index (χ1) is 13.6. The molecule has 2 heterocycles. The van der Waals surface area contributed by atoms with Gasteiger partial charge in [-0.1, -0.05) is 12.1 Å². The summed E-state index contributed by atoms with van der Waals surface area (Å²) in [4.78, 5) is 29.1. The normalized spacial score (nSPS) is 10.8. The molecule has 4 rings (SSSR count). The van der Waals surface area contributed by atoms with Crippen molar-refractivity contribution in [3.05, 3.63) is 76.0 Å². The summed E-state index contributed by atoms with van der Waals surface area (Å²) in [6.07, 6.45) is 0. The van der Waals surface area contributed by atoms with Crippen molar-refractivity contribution < 1.29 is 13.9 Å². The summed E-state index contributed by atoms with van der Waals surface area (Å²) in [5, 5.41) is 5.39. The van der Waals surface area contributed by atoms with Crippen molar-refractivity contribution in [1.82, 2.24) is 4.98 Å². The number of amides is 1. The smallest absolute Gasteiger partial charge is 0.293 e. The SMILES string of the molecule is CCOc1ccc(-c2csc(NC(=O)c3cc(=O)c4ccccc4o3)n2)cc1. The number of benzene rings is 2. The molecule has 0 spiro atoms. The van der Waals surface area contributed by atoms with Crippen molar-refractivity contribution in [2.45, 2.75) is 6.92 Å². The van der Waals surface area contributed by atoms with E-state index in [1.807, 2.05) is 36.6 Å². The van der Waals surface area contributed by atoms with Crippen LogP contribution >= 0.6 is 11.3 Å². The maximum absolute atomic E-state index is 12.5. The van der Waals surface area contributed by atoms with Gasteiger partial charge in [-0.3, -0.25) is 14.9 Å². The fourth-order valence-corrected chi connectivity index (χ4v) is 3.44. The molecule has 6 nitrogen and oxygen atoms in total. The van der Waals surface area contributed by atoms with Crippen molar-refractivity contribution in [2.75, 3.05) is 11.9 Å². The maximum atomic E-state index is 12.5. The second-order valence-electron chi connectivity index (χ2n) is 5.92. The monoisotopic (exact) mass is 392 g/mol. The summed E-state index contributed by atoms with van der Waals surface area (Å²) in [5.41, 5.74) is 1.76. The lowest BCUT2D eigenvalue weighted by Gasteiger charge is -2.03. The summed E-state index contributed by atoms with van der Waals surface area (Å²) < 4.78 is 11.0. The largest absolute Gasteiger partial charge is 0.494 e. The molecule has 4 aromatic rings. The Morgan fingerprint density at radius 3 is 2.75 bits per heavy atom. The van der Waals surface area contributed by atoms with Gasteiger partial charge in [-0.2, -0.15) is 0 Å².